The van der Waals surface area contributed by atoms with Gasteiger partial charge in [-0.05, 0) is 0 Å². The highest BCUT2D eigenvalue weighted by Crippen LogP contribution is 2.01. The average Bonchev–Trinajstić information content (AvgIpc) is 1.85. The molecule has 1 aromatic heterocycles. The van der Waals surface area contributed by atoms with E-state index in [2.05, 4.69) is 25.9 Å². The first kappa shape index (κ1) is 7.75. The number of nitrogens with one attached hydrogen (secondary N) is 1. The maximum atomic E-state index is 10.7. The van der Waals surface area contributed by atoms with E-state index in [1.54, 1.807) is 0 Å². The highest BCUT2D eigenvalue weighted by Gasteiger charge is 1.95. The minimum absolute atomic E-state index is 0.221. The third-order valence-corrected chi connectivity index (χ3v) is 1.61. The Kier molecular flexibility index (Phi) is 2.45. The zero-order valence-corrected chi connectivity index (χ0v) is 7.24. The van der Waals surface area contributed by atoms with E-state index in [-0.39, 0.29) is 10.7 Å². The fourth-order valence-corrected chi connectivity index (χ4v) is 1.01. The minimum Gasteiger partial charge on any atom is -0.310 e. The van der Waals surface area contributed by atoms with Crippen LogP contribution in [0.2, 0.25) is 5.15 Å². The van der Waals surface area contributed by atoms with Crippen LogP contribution in [0.15, 0.2) is 10.9 Å². The molecule has 0 radical (unpaired) electrons. The van der Waals surface area contributed by atoms with Gasteiger partial charge in [0.05, 0.1) is 5.33 Å². The van der Waals surface area contributed by atoms with Crippen LogP contribution < -0.4 is 5.56 Å². The SMILES string of the molecule is O=c1cc(Cl)nc(CBr)[nH]1. The van der Waals surface area contributed by atoms with Crippen LogP contribution >= 0.6 is 27.5 Å². The number of H-pyrrole nitrogens is 1. The Balaban J connectivity index is 3.19. The first-order valence-electron chi connectivity index (χ1n) is 2.54. The van der Waals surface area contributed by atoms with Crippen LogP contribution in [0.5, 0.6) is 0 Å². The van der Waals surface area contributed by atoms with E-state index in [4.69, 9.17) is 11.6 Å². The molecule has 54 valence electrons. The van der Waals surface area contributed by atoms with Crippen LogP contribution in [-0.4, -0.2) is 9.97 Å². The summed E-state index contributed by atoms with van der Waals surface area (Å²) < 4.78 is 0. The van der Waals surface area contributed by atoms with Crippen LogP contribution in [0.3, 0.4) is 0 Å². The largest absolute Gasteiger partial charge is 0.310 e. The van der Waals surface area contributed by atoms with E-state index in [0.29, 0.717) is 11.2 Å². The van der Waals surface area contributed by atoms with Gasteiger partial charge < -0.3 is 4.98 Å². The van der Waals surface area contributed by atoms with Gasteiger partial charge in [-0.25, -0.2) is 4.98 Å². The summed E-state index contributed by atoms with van der Waals surface area (Å²) in [7, 11) is 0. The summed E-state index contributed by atoms with van der Waals surface area (Å²) in [5.41, 5.74) is -0.227. The lowest BCUT2D eigenvalue weighted by Gasteiger charge is -1.92. The summed E-state index contributed by atoms with van der Waals surface area (Å²) in [6.45, 7) is 0. The number of aromatic amines is 1. The Morgan fingerprint density at radius 1 is 1.80 bits per heavy atom. The summed E-state index contributed by atoms with van der Waals surface area (Å²) in [6, 6.07) is 1.23. The zero-order valence-electron chi connectivity index (χ0n) is 4.90. The molecule has 0 aliphatic rings. The third-order valence-electron chi connectivity index (χ3n) is 0.886. The summed E-state index contributed by atoms with van der Waals surface area (Å²) in [4.78, 5) is 17.0. The number of aromatic nitrogens is 2. The van der Waals surface area contributed by atoms with Gasteiger partial charge in [0.2, 0.25) is 0 Å². The Bertz CT molecular complexity index is 285. The maximum absolute atomic E-state index is 10.7. The molecule has 0 aliphatic carbocycles. The maximum Gasteiger partial charge on any atom is 0.252 e. The van der Waals surface area contributed by atoms with Gasteiger partial charge in [0.1, 0.15) is 11.0 Å². The Morgan fingerprint density at radius 3 is 3.00 bits per heavy atom. The zero-order chi connectivity index (χ0) is 7.56. The average molecular weight is 223 g/mol. The van der Waals surface area contributed by atoms with Crippen LogP contribution in [-0.2, 0) is 5.33 Å². The molecule has 1 rings (SSSR count). The van der Waals surface area contributed by atoms with Gasteiger partial charge in [-0.3, -0.25) is 4.79 Å². The van der Waals surface area contributed by atoms with Crippen molar-refractivity contribution in [2.75, 3.05) is 0 Å². The van der Waals surface area contributed by atoms with E-state index < -0.39 is 0 Å². The molecular weight excluding hydrogens is 219 g/mol. The van der Waals surface area contributed by atoms with E-state index in [9.17, 15) is 4.79 Å². The predicted octanol–water partition coefficient (Wildman–Crippen LogP) is 1.32. The molecule has 0 spiro atoms. The van der Waals surface area contributed by atoms with Gasteiger partial charge in [-0.15, -0.1) is 0 Å². The topological polar surface area (TPSA) is 45.8 Å². The molecule has 0 atom stereocenters. The molecular formula is C5H4BrClN2O. The Labute approximate surface area is 70.6 Å². The highest BCUT2D eigenvalue weighted by molar-refractivity contribution is 9.08. The van der Waals surface area contributed by atoms with Crippen LogP contribution in [0, 0.1) is 0 Å². The van der Waals surface area contributed by atoms with Crippen molar-refractivity contribution >= 4 is 27.5 Å². The molecule has 5 heteroatoms. The number of rotatable bonds is 1. The van der Waals surface area contributed by atoms with E-state index >= 15 is 0 Å². The second-order valence-electron chi connectivity index (χ2n) is 1.65. The lowest BCUT2D eigenvalue weighted by atomic mass is 10.6. The van der Waals surface area contributed by atoms with E-state index in [1.807, 2.05) is 0 Å². The molecule has 0 bridgehead atoms. The van der Waals surface area contributed by atoms with Gasteiger partial charge in [-0.2, -0.15) is 0 Å². The highest BCUT2D eigenvalue weighted by atomic mass is 79.9. The molecule has 10 heavy (non-hydrogen) atoms. The third kappa shape index (κ3) is 1.82. The van der Waals surface area contributed by atoms with Gasteiger partial charge in [0.25, 0.3) is 5.56 Å². The molecule has 0 unspecified atom stereocenters. The van der Waals surface area contributed by atoms with Crippen molar-refractivity contribution in [2.45, 2.75) is 5.33 Å². The molecule has 0 amide bonds. The van der Waals surface area contributed by atoms with E-state index in [0.717, 1.165) is 0 Å². The van der Waals surface area contributed by atoms with Crippen molar-refractivity contribution in [3.05, 3.63) is 27.4 Å². The molecule has 1 N–H and O–H groups in total. The monoisotopic (exact) mass is 222 g/mol. The van der Waals surface area contributed by atoms with Crippen LogP contribution in [0.25, 0.3) is 0 Å². The fourth-order valence-electron chi connectivity index (χ4n) is 0.539. The standard InChI is InChI=1S/C5H4BrClN2O/c6-2-4-8-3(7)1-5(10)9-4/h1H,2H2,(H,8,9,10). The second kappa shape index (κ2) is 3.16. The second-order valence-corrected chi connectivity index (χ2v) is 2.60. The van der Waals surface area contributed by atoms with Gasteiger partial charge in [0, 0.05) is 6.07 Å². The predicted molar refractivity (Wildman–Crippen MR) is 42.5 cm³/mol. The minimum atomic E-state index is -0.227. The summed E-state index contributed by atoms with van der Waals surface area (Å²) in [5, 5.41) is 0.723. The van der Waals surface area contributed by atoms with Crippen molar-refractivity contribution in [1.82, 2.24) is 9.97 Å². The first-order valence-corrected chi connectivity index (χ1v) is 4.04. The molecule has 0 fully saturated rings. The molecule has 0 aromatic carbocycles. The Hall–Kier alpha value is -0.350. The van der Waals surface area contributed by atoms with Crippen molar-refractivity contribution in [3.63, 3.8) is 0 Å². The van der Waals surface area contributed by atoms with E-state index in [1.165, 1.54) is 6.07 Å². The number of hydrogen-bond acceptors (Lipinski definition) is 2. The summed E-state index contributed by atoms with van der Waals surface area (Å²) >= 11 is 8.61. The van der Waals surface area contributed by atoms with Gasteiger partial charge in [-0.1, -0.05) is 27.5 Å². The van der Waals surface area contributed by atoms with Crippen molar-refractivity contribution in [1.29, 1.82) is 0 Å². The first-order chi connectivity index (χ1) is 4.72. The van der Waals surface area contributed by atoms with Crippen molar-refractivity contribution < 1.29 is 0 Å². The fraction of sp³-hybridized carbons (Fsp3) is 0.200. The Morgan fingerprint density at radius 2 is 2.50 bits per heavy atom. The summed E-state index contributed by atoms with van der Waals surface area (Å²) in [5.74, 6) is 0.539. The molecule has 0 saturated carbocycles. The molecule has 1 aromatic rings. The number of hydrogen-bond donors (Lipinski definition) is 1. The van der Waals surface area contributed by atoms with Crippen LogP contribution in [0.4, 0.5) is 0 Å². The van der Waals surface area contributed by atoms with Crippen molar-refractivity contribution in [2.24, 2.45) is 0 Å². The molecule has 0 aliphatic heterocycles. The summed E-state index contributed by atoms with van der Waals surface area (Å²) in [6.07, 6.45) is 0. The lowest BCUT2D eigenvalue weighted by molar-refractivity contribution is 1.01. The van der Waals surface area contributed by atoms with Gasteiger partial charge >= 0.3 is 0 Å². The number of nitrogens with zero attached hydrogens (tertiary/aromatic N) is 1. The number of halogens is 2. The number of alkyl halides is 1. The van der Waals surface area contributed by atoms with Crippen molar-refractivity contribution in [3.8, 4) is 0 Å². The molecule has 1 heterocycles. The molecule has 0 saturated heterocycles. The lowest BCUT2D eigenvalue weighted by Crippen LogP contribution is -2.08. The smallest absolute Gasteiger partial charge is 0.252 e. The molecule has 3 nitrogen and oxygen atoms in total. The van der Waals surface area contributed by atoms with Gasteiger partial charge in [0.15, 0.2) is 0 Å². The quantitative estimate of drug-likeness (QED) is 0.576. The normalized spacial score (nSPS) is 9.80. The van der Waals surface area contributed by atoms with Crippen LogP contribution in [0.1, 0.15) is 5.82 Å².